The van der Waals surface area contributed by atoms with Crippen LogP contribution in [0.4, 0.5) is 4.39 Å². The van der Waals surface area contributed by atoms with Gasteiger partial charge in [0.25, 0.3) is 0 Å². The molecule has 0 saturated heterocycles. The van der Waals surface area contributed by atoms with Crippen molar-refractivity contribution >= 4 is 5.97 Å². The van der Waals surface area contributed by atoms with Crippen molar-refractivity contribution in [3.05, 3.63) is 83.3 Å². The summed E-state index contributed by atoms with van der Waals surface area (Å²) >= 11 is 0. The first-order valence-electron chi connectivity index (χ1n) is 11.2. The van der Waals surface area contributed by atoms with Crippen LogP contribution in [0.1, 0.15) is 67.4 Å². The molecule has 162 valence electrons. The number of carbonyl (C=O) groups is 1. The molecule has 31 heavy (non-hydrogen) atoms. The predicted octanol–water partition coefficient (Wildman–Crippen LogP) is 7.18. The number of pyridine rings is 1. The number of aromatic nitrogens is 1. The minimum Gasteiger partial charge on any atom is -0.420 e. The Bertz CT molecular complexity index is 981. The number of ether oxygens (including phenoxy) is 1. The van der Waals surface area contributed by atoms with Crippen LogP contribution >= 0.6 is 0 Å². The third kappa shape index (κ3) is 6.48. The number of unbranched alkanes of at least 4 members (excludes halogenated alkanes) is 3. The van der Waals surface area contributed by atoms with E-state index >= 15 is 0 Å². The molecular weight excluding hydrogens is 389 g/mol. The molecule has 0 aliphatic heterocycles. The highest BCUT2D eigenvalue weighted by Crippen LogP contribution is 2.22. The summed E-state index contributed by atoms with van der Waals surface area (Å²) in [6, 6.07) is 15.9. The van der Waals surface area contributed by atoms with Crippen LogP contribution in [0.25, 0.3) is 11.3 Å². The van der Waals surface area contributed by atoms with Crippen LogP contribution in [-0.4, -0.2) is 11.0 Å². The summed E-state index contributed by atoms with van der Waals surface area (Å²) in [6.07, 6.45) is 9.65. The molecule has 0 aliphatic rings. The summed E-state index contributed by atoms with van der Waals surface area (Å²) in [6.45, 7) is 4.25. The number of halogens is 1. The number of esters is 1. The van der Waals surface area contributed by atoms with E-state index in [1.54, 1.807) is 18.2 Å². The van der Waals surface area contributed by atoms with Gasteiger partial charge in [0.2, 0.25) is 0 Å². The third-order valence-corrected chi connectivity index (χ3v) is 5.30. The van der Waals surface area contributed by atoms with Crippen molar-refractivity contribution in [3.8, 4) is 17.0 Å². The molecule has 0 fully saturated rings. The van der Waals surface area contributed by atoms with Crippen molar-refractivity contribution in [2.75, 3.05) is 0 Å². The predicted molar refractivity (Wildman–Crippen MR) is 123 cm³/mol. The van der Waals surface area contributed by atoms with Gasteiger partial charge >= 0.3 is 5.97 Å². The normalized spacial score (nSPS) is 10.8. The van der Waals surface area contributed by atoms with E-state index in [2.05, 4.69) is 18.0 Å². The Balaban J connectivity index is 1.61. The molecule has 2 aromatic carbocycles. The fourth-order valence-electron chi connectivity index (χ4n) is 3.51. The zero-order chi connectivity index (χ0) is 22.1. The Hall–Kier alpha value is -3.01. The molecule has 0 spiro atoms. The second-order valence-electron chi connectivity index (χ2n) is 7.84. The van der Waals surface area contributed by atoms with Gasteiger partial charge in [-0.1, -0.05) is 63.8 Å². The molecule has 3 rings (SSSR count). The molecule has 1 aromatic heterocycles. The Labute approximate surface area is 184 Å². The zero-order valence-corrected chi connectivity index (χ0v) is 18.4. The fourth-order valence-corrected chi connectivity index (χ4v) is 3.51. The van der Waals surface area contributed by atoms with Crippen LogP contribution in [0.2, 0.25) is 0 Å². The first-order chi connectivity index (χ1) is 15.1. The summed E-state index contributed by atoms with van der Waals surface area (Å²) in [4.78, 5) is 17.0. The second-order valence-corrected chi connectivity index (χ2v) is 7.84. The summed E-state index contributed by atoms with van der Waals surface area (Å²) in [5.41, 5.74) is 4.28. The maximum absolute atomic E-state index is 14.2. The van der Waals surface area contributed by atoms with Crippen LogP contribution < -0.4 is 4.74 Å². The number of carbonyl (C=O) groups excluding carboxylic acids is 1. The number of hydrogen-bond donors (Lipinski definition) is 0. The summed E-state index contributed by atoms with van der Waals surface area (Å²) in [5.74, 6) is -1.15. The first kappa shape index (κ1) is 22.7. The maximum Gasteiger partial charge on any atom is 0.343 e. The number of benzene rings is 2. The minimum atomic E-state index is -0.580. The lowest BCUT2D eigenvalue weighted by Gasteiger charge is -2.08. The van der Waals surface area contributed by atoms with Crippen molar-refractivity contribution in [3.63, 3.8) is 0 Å². The van der Waals surface area contributed by atoms with Gasteiger partial charge in [0.05, 0.1) is 11.3 Å². The quantitative estimate of drug-likeness (QED) is 0.198. The zero-order valence-electron chi connectivity index (χ0n) is 18.4. The molecule has 0 N–H and O–H groups in total. The van der Waals surface area contributed by atoms with Crippen molar-refractivity contribution in [2.24, 2.45) is 0 Å². The topological polar surface area (TPSA) is 39.2 Å². The van der Waals surface area contributed by atoms with E-state index in [0.29, 0.717) is 5.56 Å². The van der Waals surface area contributed by atoms with Crippen LogP contribution in [-0.2, 0) is 12.8 Å². The van der Waals surface area contributed by atoms with Gasteiger partial charge in [0, 0.05) is 11.8 Å². The first-order valence-corrected chi connectivity index (χ1v) is 11.2. The molecule has 0 radical (unpaired) electrons. The molecule has 3 nitrogen and oxygen atoms in total. The van der Waals surface area contributed by atoms with E-state index in [1.165, 1.54) is 43.4 Å². The lowest BCUT2D eigenvalue weighted by molar-refractivity contribution is 0.0728. The van der Waals surface area contributed by atoms with Gasteiger partial charge in [-0.05, 0) is 60.7 Å². The monoisotopic (exact) mass is 419 g/mol. The highest BCUT2D eigenvalue weighted by molar-refractivity contribution is 5.91. The average molecular weight is 420 g/mol. The Morgan fingerprint density at radius 1 is 0.871 bits per heavy atom. The maximum atomic E-state index is 14.2. The molecule has 0 unspecified atom stereocenters. The Morgan fingerprint density at radius 3 is 2.29 bits per heavy atom. The molecule has 4 heteroatoms. The van der Waals surface area contributed by atoms with E-state index in [9.17, 15) is 9.18 Å². The molecule has 3 aromatic rings. The molecule has 1 heterocycles. The van der Waals surface area contributed by atoms with Crippen LogP contribution in [0.5, 0.6) is 5.75 Å². The van der Waals surface area contributed by atoms with Crippen molar-refractivity contribution in [1.29, 1.82) is 0 Å². The number of nitrogens with zero attached hydrogens (tertiary/aromatic N) is 1. The molecular formula is C27H30FNO2. The van der Waals surface area contributed by atoms with Crippen LogP contribution in [0.15, 0.2) is 60.8 Å². The van der Waals surface area contributed by atoms with E-state index in [-0.39, 0.29) is 5.75 Å². The van der Waals surface area contributed by atoms with E-state index in [4.69, 9.17) is 4.74 Å². The summed E-state index contributed by atoms with van der Waals surface area (Å²) < 4.78 is 19.4. The highest BCUT2D eigenvalue weighted by Gasteiger charge is 2.13. The minimum absolute atomic E-state index is 0.0508. The van der Waals surface area contributed by atoms with Gasteiger partial charge in [-0.25, -0.2) is 9.18 Å². The lowest BCUT2D eigenvalue weighted by atomic mass is 10.1. The van der Waals surface area contributed by atoms with Gasteiger partial charge in [-0.15, -0.1) is 0 Å². The van der Waals surface area contributed by atoms with E-state index < -0.39 is 11.8 Å². The molecule has 0 amide bonds. The fraction of sp³-hybridized carbons (Fsp3) is 0.333. The second kappa shape index (κ2) is 11.4. The largest absolute Gasteiger partial charge is 0.420 e. The molecule has 0 atom stereocenters. The van der Waals surface area contributed by atoms with Gasteiger partial charge in [0.15, 0.2) is 11.6 Å². The van der Waals surface area contributed by atoms with Gasteiger partial charge in [-0.2, -0.15) is 0 Å². The average Bonchev–Trinajstić information content (AvgIpc) is 2.79. The molecule has 0 bridgehead atoms. The molecule has 0 saturated carbocycles. The van der Waals surface area contributed by atoms with E-state index in [0.717, 1.165) is 36.1 Å². The summed E-state index contributed by atoms with van der Waals surface area (Å²) in [5, 5.41) is 0. The Kier molecular flexibility index (Phi) is 8.34. The van der Waals surface area contributed by atoms with E-state index in [1.807, 2.05) is 31.3 Å². The highest BCUT2D eigenvalue weighted by atomic mass is 19.1. The number of rotatable bonds is 10. The van der Waals surface area contributed by atoms with Gasteiger partial charge in [-0.3, -0.25) is 4.98 Å². The molecule has 0 aliphatic carbocycles. The third-order valence-electron chi connectivity index (χ3n) is 5.30. The van der Waals surface area contributed by atoms with Crippen LogP contribution in [0, 0.1) is 5.82 Å². The lowest BCUT2D eigenvalue weighted by Crippen LogP contribution is -2.09. The number of hydrogen-bond acceptors (Lipinski definition) is 3. The smallest absolute Gasteiger partial charge is 0.343 e. The van der Waals surface area contributed by atoms with Crippen molar-refractivity contribution < 1.29 is 13.9 Å². The SMILES string of the molecule is CCCCCCc1ccc(-c2ccc(C(=O)Oc3ccc(CCC)cc3F)cc2)nc1. The Morgan fingerprint density at radius 2 is 1.65 bits per heavy atom. The van der Waals surface area contributed by atoms with Gasteiger partial charge < -0.3 is 4.74 Å². The van der Waals surface area contributed by atoms with Gasteiger partial charge in [0.1, 0.15) is 0 Å². The standard InChI is InChI=1S/C27H30FNO2/c1-3-5-6-7-9-21-10-16-25(29-19-21)22-12-14-23(15-13-22)27(30)31-26-17-11-20(8-4-2)18-24(26)28/h10-19H,3-9H2,1-2H3. The summed E-state index contributed by atoms with van der Waals surface area (Å²) in [7, 11) is 0. The van der Waals surface area contributed by atoms with Crippen molar-refractivity contribution in [2.45, 2.75) is 58.8 Å². The van der Waals surface area contributed by atoms with Crippen LogP contribution in [0.3, 0.4) is 0 Å². The van der Waals surface area contributed by atoms with Crippen molar-refractivity contribution in [1.82, 2.24) is 4.98 Å². The number of aryl methyl sites for hydroxylation is 2.